The Morgan fingerprint density at radius 1 is 1.23 bits per heavy atom. The number of aromatic nitrogens is 2. The molecule has 2 aliphatic heterocycles. The van der Waals surface area contributed by atoms with Gasteiger partial charge in [-0.05, 0) is 51.2 Å². The van der Waals surface area contributed by atoms with Crippen molar-refractivity contribution in [3.63, 3.8) is 0 Å². The average molecular weight is 563 g/mol. The number of likely N-dealkylation sites (tertiary alicyclic amines) is 1. The molecule has 10 heteroatoms. The molecule has 0 saturated carbocycles. The lowest BCUT2D eigenvalue weighted by Crippen LogP contribution is -2.36. The Labute approximate surface area is 238 Å². The minimum Gasteiger partial charge on any atom is -0.379 e. The quantitative estimate of drug-likeness (QED) is 0.333. The van der Waals surface area contributed by atoms with Gasteiger partial charge in [0.05, 0.1) is 40.7 Å². The van der Waals surface area contributed by atoms with Gasteiger partial charge in [-0.25, -0.2) is 14.4 Å². The molecule has 1 aromatic heterocycles. The highest BCUT2D eigenvalue weighted by Crippen LogP contribution is 2.32. The standard InChI is InChI=1S/C30H32ClFN6O2/c1-30(10-12-37(2)19-30)9-8-21-17-26-22(29(34-20-33-26)36-24-6-3-5-23(31)28(24)32)18-25(21)35-27(39)7-4-11-38-13-15-40-16-14-38/h3-7,17-18,20H,10-16,19H2,1-2H3,(H,35,39)(H,33,34,36)/b7-4+. The molecule has 0 spiro atoms. The normalized spacial score (nSPS) is 20.0. The lowest BCUT2D eigenvalue weighted by Gasteiger charge is -2.25. The number of morpholine rings is 1. The largest absolute Gasteiger partial charge is 0.379 e. The summed E-state index contributed by atoms with van der Waals surface area (Å²) in [6.45, 7) is 7.77. The zero-order chi connectivity index (χ0) is 28.1. The van der Waals surface area contributed by atoms with Crippen LogP contribution in [0.4, 0.5) is 21.6 Å². The van der Waals surface area contributed by atoms with E-state index in [1.165, 1.54) is 18.5 Å². The molecule has 2 aromatic carbocycles. The first-order chi connectivity index (χ1) is 19.3. The minimum atomic E-state index is -0.577. The van der Waals surface area contributed by atoms with Gasteiger partial charge in [-0.1, -0.05) is 35.6 Å². The topological polar surface area (TPSA) is 82.6 Å². The third kappa shape index (κ3) is 6.77. The highest BCUT2D eigenvalue weighted by atomic mass is 35.5. The van der Waals surface area contributed by atoms with Crippen LogP contribution in [-0.4, -0.2) is 78.7 Å². The van der Waals surface area contributed by atoms with Crippen LogP contribution in [0.15, 0.2) is 48.8 Å². The van der Waals surface area contributed by atoms with Gasteiger partial charge in [0.1, 0.15) is 12.1 Å². The van der Waals surface area contributed by atoms with Crippen LogP contribution in [0.2, 0.25) is 5.02 Å². The van der Waals surface area contributed by atoms with Gasteiger partial charge in [-0.15, -0.1) is 0 Å². The van der Waals surface area contributed by atoms with Gasteiger partial charge in [0, 0.05) is 43.1 Å². The number of nitrogens with one attached hydrogen (secondary N) is 2. The second-order valence-corrected chi connectivity index (χ2v) is 10.9. The third-order valence-corrected chi connectivity index (χ3v) is 7.43. The predicted molar refractivity (Wildman–Crippen MR) is 156 cm³/mol. The molecule has 0 aliphatic carbocycles. The fraction of sp³-hybridized carbons (Fsp3) is 0.367. The maximum atomic E-state index is 14.6. The summed E-state index contributed by atoms with van der Waals surface area (Å²) in [5.41, 5.74) is 1.83. The molecule has 40 heavy (non-hydrogen) atoms. The number of amides is 1. The van der Waals surface area contributed by atoms with Gasteiger partial charge in [0.2, 0.25) is 5.91 Å². The van der Waals surface area contributed by atoms with Gasteiger partial charge in [-0.2, -0.15) is 0 Å². The van der Waals surface area contributed by atoms with Crippen LogP contribution in [0.5, 0.6) is 0 Å². The van der Waals surface area contributed by atoms with Crippen LogP contribution in [0.1, 0.15) is 18.9 Å². The third-order valence-electron chi connectivity index (χ3n) is 7.14. The molecule has 2 N–H and O–H groups in total. The summed E-state index contributed by atoms with van der Waals surface area (Å²) in [5, 5.41) is 6.62. The molecule has 2 aliphatic rings. The van der Waals surface area contributed by atoms with E-state index in [0.29, 0.717) is 47.7 Å². The lowest BCUT2D eigenvalue weighted by molar-refractivity contribution is -0.111. The molecule has 2 saturated heterocycles. The molecule has 1 atom stereocenters. The molecule has 208 valence electrons. The average Bonchev–Trinajstić information content (AvgIpc) is 3.29. The Balaban J connectivity index is 1.47. The van der Waals surface area contributed by atoms with Crippen LogP contribution in [0.3, 0.4) is 0 Å². The SMILES string of the molecule is CN1CCC(C)(C#Cc2cc3ncnc(Nc4cccc(Cl)c4F)c3cc2NC(=O)/C=C/CN2CCOCC2)C1. The van der Waals surface area contributed by atoms with Crippen LogP contribution in [0, 0.1) is 23.1 Å². The Morgan fingerprint density at radius 3 is 2.83 bits per heavy atom. The zero-order valence-electron chi connectivity index (χ0n) is 22.6. The molecule has 1 unspecified atom stereocenters. The zero-order valence-corrected chi connectivity index (χ0v) is 23.4. The highest BCUT2D eigenvalue weighted by Gasteiger charge is 2.30. The number of carbonyl (C=O) groups is 1. The van der Waals surface area contributed by atoms with E-state index in [1.807, 2.05) is 12.1 Å². The second kappa shape index (κ2) is 12.3. The molecule has 8 nitrogen and oxygen atoms in total. The molecule has 1 amide bonds. The first kappa shape index (κ1) is 28.0. The first-order valence-corrected chi connectivity index (χ1v) is 13.7. The van der Waals surface area contributed by atoms with Gasteiger partial charge in [-0.3, -0.25) is 9.69 Å². The number of ether oxygens (including phenoxy) is 1. The van der Waals surface area contributed by atoms with Crippen molar-refractivity contribution in [1.82, 2.24) is 19.8 Å². The fourth-order valence-corrected chi connectivity index (χ4v) is 5.09. The van der Waals surface area contributed by atoms with Gasteiger partial charge in [0.15, 0.2) is 5.82 Å². The summed E-state index contributed by atoms with van der Waals surface area (Å²) in [6, 6.07) is 8.32. The van der Waals surface area contributed by atoms with E-state index in [-0.39, 0.29) is 22.0 Å². The van der Waals surface area contributed by atoms with Gasteiger partial charge in [0.25, 0.3) is 0 Å². The summed E-state index contributed by atoms with van der Waals surface area (Å²) in [7, 11) is 2.09. The Kier molecular flexibility index (Phi) is 8.62. The smallest absolute Gasteiger partial charge is 0.248 e. The lowest BCUT2D eigenvalue weighted by atomic mass is 9.90. The van der Waals surface area contributed by atoms with Crippen molar-refractivity contribution in [2.45, 2.75) is 13.3 Å². The number of anilines is 3. The summed E-state index contributed by atoms with van der Waals surface area (Å²) < 4.78 is 20.0. The summed E-state index contributed by atoms with van der Waals surface area (Å²) in [6.07, 6.45) is 5.76. The number of benzene rings is 2. The number of nitrogens with zero attached hydrogens (tertiary/aromatic N) is 4. The van der Waals surface area contributed by atoms with Crippen molar-refractivity contribution >= 4 is 45.6 Å². The number of fused-ring (bicyclic) bond motifs is 1. The molecule has 3 aromatic rings. The monoisotopic (exact) mass is 562 g/mol. The number of hydrogen-bond acceptors (Lipinski definition) is 7. The second-order valence-electron chi connectivity index (χ2n) is 10.5. The highest BCUT2D eigenvalue weighted by molar-refractivity contribution is 6.31. The van der Waals surface area contributed by atoms with E-state index in [4.69, 9.17) is 16.3 Å². The first-order valence-electron chi connectivity index (χ1n) is 13.3. The predicted octanol–water partition coefficient (Wildman–Crippen LogP) is 4.69. The Bertz CT molecular complexity index is 1500. The van der Waals surface area contributed by atoms with E-state index in [0.717, 1.165) is 32.6 Å². The molecular formula is C30H32ClFN6O2. The van der Waals surface area contributed by atoms with Gasteiger partial charge < -0.3 is 20.3 Å². The molecule has 5 rings (SSSR count). The summed E-state index contributed by atoms with van der Waals surface area (Å²) >= 11 is 5.97. The fourth-order valence-electron chi connectivity index (χ4n) is 4.92. The number of rotatable bonds is 6. The van der Waals surface area contributed by atoms with E-state index in [1.54, 1.807) is 18.2 Å². The number of halogens is 2. The van der Waals surface area contributed by atoms with Crippen molar-refractivity contribution < 1.29 is 13.9 Å². The minimum absolute atomic E-state index is 0.00351. The Hall–Kier alpha value is -3.55. The van der Waals surface area contributed by atoms with Crippen molar-refractivity contribution in [2.75, 3.05) is 63.6 Å². The van der Waals surface area contributed by atoms with Crippen LogP contribution in [0.25, 0.3) is 10.9 Å². The van der Waals surface area contributed by atoms with Crippen LogP contribution < -0.4 is 10.6 Å². The number of hydrogen-bond donors (Lipinski definition) is 2. The molecule has 0 radical (unpaired) electrons. The van der Waals surface area contributed by atoms with E-state index in [2.05, 4.69) is 56.2 Å². The van der Waals surface area contributed by atoms with Gasteiger partial charge >= 0.3 is 0 Å². The van der Waals surface area contributed by atoms with Crippen molar-refractivity contribution in [1.29, 1.82) is 0 Å². The van der Waals surface area contributed by atoms with Crippen LogP contribution in [-0.2, 0) is 9.53 Å². The van der Waals surface area contributed by atoms with Crippen LogP contribution >= 0.6 is 11.6 Å². The summed E-state index contributed by atoms with van der Waals surface area (Å²) in [5.74, 6) is 6.28. The van der Waals surface area contributed by atoms with E-state index in [9.17, 15) is 9.18 Å². The van der Waals surface area contributed by atoms with E-state index >= 15 is 0 Å². The van der Waals surface area contributed by atoms with Crippen molar-refractivity contribution in [3.8, 4) is 11.8 Å². The maximum Gasteiger partial charge on any atom is 0.248 e. The molecule has 3 heterocycles. The Morgan fingerprint density at radius 2 is 2.05 bits per heavy atom. The molecular weight excluding hydrogens is 531 g/mol. The number of carbonyl (C=O) groups excluding carboxylic acids is 1. The van der Waals surface area contributed by atoms with E-state index < -0.39 is 5.82 Å². The summed E-state index contributed by atoms with van der Waals surface area (Å²) in [4.78, 5) is 26.2. The van der Waals surface area contributed by atoms with Crippen molar-refractivity contribution in [2.24, 2.45) is 5.41 Å². The van der Waals surface area contributed by atoms with Crippen molar-refractivity contribution in [3.05, 3.63) is 65.2 Å². The molecule has 2 fully saturated rings. The molecule has 0 bridgehead atoms. The maximum absolute atomic E-state index is 14.6.